The van der Waals surface area contributed by atoms with Gasteiger partial charge >= 0.3 is 23.9 Å². The van der Waals surface area contributed by atoms with Crippen molar-refractivity contribution >= 4 is 40.6 Å². The van der Waals surface area contributed by atoms with E-state index in [9.17, 15) is 29.1 Å². The number of carbonyl (C=O) groups is 5. The van der Waals surface area contributed by atoms with Gasteiger partial charge in [-0.05, 0) is 11.5 Å². The monoisotopic (exact) mass is 517 g/mol. The van der Waals surface area contributed by atoms with Gasteiger partial charge in [0.15, 0.2) is 12.2 Å². The van der Waals surface area contributed by atoms with Gasteiger partial charge in [0.25, 0.3) is 0 Å². The van der Waals surface area contributed by atoms with Gasteiger partial charge in [0.05, 0.1) is 0 Å². The zero-order valence-electron chi connectivity index (χ0n) is 20.6. The Morgan fingerprint density at radius 2 is 1.51 bits per heavy atom. The van der Waals surface area contributed by atoms with Crippen LogP contribution < -0.4 is 5.32 Å². The second kappa shape index (κ2) is 11.7. The van der Waals surface area contributed by atoms with Crippen molar-refractivity contribution in [3.63, 3.8) is 0 Å². The molecule has 5 atom stereocenters. The van der Waals surface area contributed by atoms with Crippen LogP contribution in [0.2, 0.25) is 0 Å². The van der Waals surface area contributed by atoms with Crippen LogP contribution >= 0.6 is 0 Å². The van der Waals surface area contributed by atoms with Crippen LogP contribution in [0.5, 0.6) is 5.75 Å². The van der Waals surface area contributed by atoms with Crippen LogP contribution in [0, 0.1) is 0 Å². The summed E-state index contributed by atoms with van der Waals surface area (Å²) in [4.78, 5) is 60.3. The smallest absolute Gasteiger partial charge is 0.344 e. The first-order valence-corrected chi connectivity index (χ1v) is 11.3. The van der Waals surface area contributed by atoms with Crippen molar-refractivity contribution in [2.24, 2.45) is 0 Å². The van der Waals surface area contributed by atoms with Crippen molar-refractivity contribution in [1.29, 1.82) is 0 Å². The van der Waals surface area contributed by atoms with Gasteiger partial charge in [-0.2, -0.15) is 0 Å². The lowest BCUT2D eigenvalue weighted by atomic mass is 9.96. The molecular weight excluding hydrogens is 490 g/mol. The normalized spacial score (nSPS) is 23.0. The summed E-state index contributed by atoms with van der Waals surface area (Å²) < 4.78 is 27.0. The number of benzene rings is 2. The third-order valence-corrected chi connectivity index (χ3v) is 5.41. The van der Waals surface area contributed by atoms with Gasteiger partial charge in [-0.1, -0.05) is 30.3 Å². The number of hydrogen-bond donors (Lipinski definition) is 2. The lowest BCUT2D eigenvalue weighted by Gasteiger charge is -2.44. The number of esters is 4. The lowest BCUT2D eigenvalue weighted by Crippen LogP contribution is -2.66. The number of aromatic hydroxyl groups is 1. The predicted octanol–water partition coefficient (Wildman–Crippen LogP) is 1.36. The Hall–Kier alpha value is -4.19. The molecule has 0 bridgehead atoms. The van der Waals surface area contributed by atoms with Crippen LogP contribution in [0.1, 0.15) is 38.1 Å². The molecule has 1 aliphatic heterocycles. The Kier molecular flexibility index (Phi) is 8.66. The molecule has 1 aliphatic rings. The van der Waals surface area contributed by atoms with Gasteiger partial charge in [0.2, 0.25) is 12.2 Å². The van der Waals surface area contributed by atoms with Gasteiger partial charge in [0, 0.05) is 33.1 Å². The Bertz CT molecular complexity index is 1210. The first kappa shape index (κ1) is 27.4. The van der Waals surface area contributed by atoms with Crippen molar-refractivity contribution in [2.75, 3.05) is 6.61 Å². The Balaban J connectivity index is 2.00. The fourth-order valence-corrected chi connectivity index (χ4v) is 3.98. The Morgan fingerprint density at radius 3 is 2.14 bits per heavy atom. The molecule has 2 N–H and O–H groups in total. The van der Waals surface area contributed by atoms with Gasteiger partial charge < -0.3 is 34.1 Å². The fourth-order valence-electron chi connectivity index (χ4n) is 3.98. The average molecular weight is 517 g/mol. The molecule has 2 aromatic rings. The molecule has 3 rings (SSSR count). The minimum atomic E-state index is -1.60. The minimum absolute atomic E-state index is 0.188. The maximum atomic E-state index is 13.1. The van der Waals surface area contributed by atoms with Crippen LogP contribution in [0.4, 0.5) is 0 Å². The SMILES string of the molecule is CC(=O)N[C@@H]1[C@H](OC(=O)c2ccc3ccccc3c2O)O[C@H](COC(C)=O)[C@@H](OC(C)=O)[C@@H]1OC(C)=O. The molecule has 0 unspecified atom stereocenters. The molecule has 1 saturated heterocycles. The molecule has 198 valence electrons. The summed E-state index contributed by atoms with van der Waals surface area (Å²) in [5.41, 5.74) is -0.188. The van der Waals surface area contributed by atoms with Gasteiger partial charge in [-0.3, -0.25) is 19.2 Å². The fraction of sp³-hybridized carbons (Fsp3) is 0.400. The lowest BCUT2D eigenvalue weighted by molar-refractivity contribution is -0.263. The van der Waals surface area contributed by atoms with E-state index < -0.39 is 67.0 Å². The number of carbonyl (C=O) groups excluding carboxylic acids is 5. The molecule has 0 saturated carbocycles. The molecule has 1 amide bonds. The number of ether oxygens (including phenoxy) is 5. The zero-order valence-corrected chi connectivity index (χ0v) is 20.6. The Labute approximate surface area is 211 Å². The molecule has 37 heavy (non-hydrogen) atoms. The summed E-state index contributed by atoms with van der Waals surface area (Å²) in [6.45, 7) is 4.07. The second-order valence-corrected chi connectivity index (χ2v) is 8.31. The average Bonchev–Trinajstić information content (AvgIpc) is 2.81. The number of phenols is 1. The first-order valence-electron chi connectivity index (χ1n) is 11.3. The van der Waals surface area contributed by atoms with Crippen molar-refractivity contribution in [3.05, 3.63) is 42.0 Å². The van der Waals surface area contributed by atoms with Crippen LogP contribution in [-0.2, 0) is 42.9 Å². The van der Waals surface area contributed by atoms with E-state index in [1.54, 1.807) is 30.3 Å². The third-order valence-electron chi connectivity index (χ3n) is 5.41. The minimum Gasteiger partial charge on any atom is -0.506 e. The highest BCUT2D eigenvalue weighted by atomic mass is 16.7. The molecular formula is C25H27NO11. The molecule has 12 heteroatoms. The summed E-state index contributed by atoms with van der Waals surface area (Å²) in [6, 6.07) is 8.47. The summed E-state index contributed by atoms with van der Waals surface area (Å²) in [6.07, 6.45) is -5.56. The van der Waals surface area contributed by atoms with E-state index >= 15 is 0 Å². The quantitative estimate of drug-likeness (QED) is 0.402. The van der Waals surface area contributed by atoms with Crippen LogP contribution in [-0.4, -0.2) is 72.1 Å². The van der Waals surface area contributed by atoms with E-state index in [-0.39, 0.29) is 11.3 Å². The van der Waals surface area contributed by atoms with E-state index in [0.29, 0.717) is 10.8 Å². The third kappa shape index (κ3) is 6.73. The number of nitrogens with one attached hydrogen (secondary N) is 1. The molecule has 2 aromatic carbocycles. The number of hydrogen-bond acceptors (Lipinski definition) is 11. The number of phenolic OH excluding ortho intramolecular Hbond substituents is 1. The number of amides is 1. The maximum absolute atomic E-state index is 13.1. The molecule has 0 radical (unpaired) electrons. The summed E-state index contributed by atoms with van der Waals surface area (Å²) in [5, 5.41) is 14.3. The Morgan fingerprint density at radius 1 is 0.865 bits per heavy atom. The highest BCUT2D eigenvalue weighted by Crippen LogP contribution is 2.32. The van der Waals surface area contributed by atoms with Crippen molar-refractivity contribution in [3.8, 4) is 5.75 Å². The van der Waals surface area contributed by atoms with E-state index in [4.69, 9.17) is 23.7 Å². The molecule has 0 aromatic heterocycles. The topological polar surface area (TPSA) is 164 Å². The van der Waals surface area contributed by atoms with Gasteiger partial charge in [-0.15, -0.1) is 0 Å². The van der Waals surface area contributed by atoms with E-state index in [1.165, 1.54) is 13.0 Å². The summed E-state index contributed by atoms with van der Waals surface area (Å²) >= 11 is 0. The predicted molar refractivity (Wildman–Crippen MR) is 125 cm³/mol. The number of fused-ring (bicyclic) bond motifs is 1. The van der Waals surface area contributed by atoms with E-state index in [2.05, 4.69) is 5.32 Å². The van der Waals surface area contributed by atoms with Crippen molar-refractivity contribution < 1.29 is 52.8 Å². The molecule has 0 spiro atoms. The van der Waals surface area contributed by atoms with E-state index in [0.717, 1.165) is 20.8 Å². The second-order valence-electron chi connectivity index (χ2n) is 8.31. The molecule has 1 fully saturated rings. The molecule has 12 nitrogen and oxygen atoms in total. The van der Waals surface area contributed by atoms with E-state index in [1.807, 2.05) is 0 Å². The van der Waals surface area contributed by atoms with Crippen LogP contribution in [0.3, 0.4) is 0 Å². The van der Waals surface area contributed by atoms with Crippen LogP contribution in [0.15, 0.2) is 36.4 Å². The van der Waals surface area contributed by atoms with Gasteiger partial charge in [-0.25, -0.2) is 4.79 Å². The largest absolute Gasteiger partial charge is 0.506 e. The first-order chi connectivity index (χ1) is 17.5. The standard InChI is InChI=1S/C25H27NO11/c1-12(27)26-20-23(35-15(4)30)22(34-14(3)29)19(11-33-13(2)28)36-25(20)37-24(32)18-10-9-16-7-5-6-8-17(16)21(18)31/h5-10,19-20,22-23,25,31H,11H2,1-4H3,(H,26,27)/t19-,20+,22-,23-,25+/m1/s1. The van der Waals surface area contributed by atoms with Crippen molar-refractivity contribution in [2.45, 2.75) is 58.3 Å². The van der Waals surface area contributed by atoms with Gasteiger partial charge in [0.1, 0.15) is 30.1 Å². The maximum Gasteiger partial charge on any atom is 0.344 e. The van der Waals surface area contributed by atoms with Crippen molar-refractivity contribution in [1.82, 2.24) is 5.32 Å². The molecule has 1 heterocycles. The molecule has 0 aliphatic carbocycles. The highest BCUT2D eigenvalue weighted by Gasteiger charge is 2.52. The summed E-state index contributed by atoms with van der Waals surface area (Å²) in [5.74, 6) is -4.17. The number of rotatable bonds is 7. The highest BCUT2D eigenvalue weighted by molar-refractivity contribution is 6.01. The zero-order chi connectivity index (χ0) is 27.3. The summed E-state index contributed by atoms with van der Waals surface area (Å²) in [7, 11) is 0. The van der Waals surface area contributed by atoms with Crippen LogP contribution in [0.25, 0.3) is 10.8 Å².